The number of methoxy groups -OCH3 is 2. The molecular formula is C40H68O6Si2. The first kappa shape index (κ1) is 42.4. The van der Waals surface area contributed by atoms with Crippen molar-refractivity contribution in [3.05, 3.63) is 78.4 Å². The second kappa shape index (κ2) is 21.4. The lowest BCUT2D eigenvalue weighted by Gasteiger charge is -2.45. The molecule has 6 nitrogen and oxygen atoms in total. The highest BCUT2D eigenvalue weighted by molar-refractivity contribution is 6.74. The van der Waals surface area contributed by atoms with Gasteiger partial charge in [-0.05, 0) is 65.9 Å². The Morgan fingerprint density at radius 3 is 1.77 bits per heavy atom. The molecule has 0 aliphatic carbocycles. The summed E-state index contributed by atoms with van der Waals surface area (Å²) in [7, 11) is -0.505. The van der Waals surface area contributed by atoms with E-state index in [0.29, 0.717) is 26.2 Å². The summed E-state index contributed by atoms with van der Waals surface area (Å²) in [6, 6.07) is 24.8. The third-order valence-electron chi connectivity index (χ3n) is 10.7. The van der Waals surface area contributed by atoms with E-state index in [1.807, 2.05) is 31.4 Å². The predicted molar refractivity (Wildman–Crippen MR) is 206 cm³/mol. The van der Waals surface area contributed by atoms with Gasteiger partial charge in [0.25, 0.3) is 0 Å². The Balaban J connectivity index is 2.49. The van der Waals surface area contributed by atoms with Gasteiger partial charge >= 0.3 is 0 Å². The van der Waals surface area contributed by atoms with Gasteiger partial charge in [0.2, 0.25) is 0 Å². The molecule has 2 aromatic carbocycles. The third kappa shape index (κ3) is 12.5. The molecule has 0 saturated heterocycles. The lowest BCUT2D eigenvalue weighted by molar-refractivity contribution is -0.137. The van der Waals surface area contributed by atoms with Crippen molar-refractivity contribution in [3.63, 3.8) is 0 Å². The van der Waals surface area contributed by atoms with Gasteiger partial charge in [0.05, 0.1) is 38.6 Å². The van der Waals surface area contributed by atoms with Crippen molar-refractivity contribution in [1.82, 2.24) is 0 Å². The zero-order valence-electron chi connectivity index (χ0n) is 32.0. The van der Waals surface area contributed by atoms with Gasteiger partial charge in [-0.3, -0.25) is 0 Å². The van der Waals surface area contributed by atoms with E-state index in [1.165, 1.54) is 5.56 Å². The molecule has 272 valence electrons. The summed E-state index contributed by atoms with van der Waals surface area (Å²) in [6.45, 7) is 24.0. The van der Waals surface area contributed by atoms with Crippen LogP contribution in [0.1, 0.15) is 79.4 Å². The molecule has 8 heteroatoms. The minimum Gasteiger partial charge on any atom is -0.497 e. The Morgan fingerprint density at radius 2 is 1.27 bits per heavy atom. The molecule has 0 heterocycles. The largest absolute Gasteiger partial charge is 0.497 e. The van der Waals surface area contributed by atoms with Crippen molar-refractivity contribution in [2.75, 3.05) is 20.8 Å². The normalized spacial score (nSPS) is 15.1. The summed E-state index contributed by atoms with van der Waals surface area (Å²) in [5.41, 5.74) is 1.88. The summed E-state index contributed by atoms with van der Waals surface area (Å²) in [4.78, 5) is 0. The smallest absolute Gasteiger partial charge is 0.192 e. The minimum absolute atomic E-state index is 0.0154. The molecule has 0 amide bonds. The van der Waals surface area contributed by atoms with E-state index in [1.54, 1.807) is 7.11 Å². The van der Waals surface area contributed by atoms with Crippen LogP contribution in [0, 0.1) is 5.41 Å². The first-order valence-corrected chi connectivity index (χ1v) is 23.5. The molecule has 0 radical (unpaired) electrons. The monoisotopic (exact) mass is 700 g/mol. The summed E-state index contributed by atoms with van der Waals surface area (Å²) in [5.74, 6) is 0.830. The van der Waals surface area contributed by atoms with Crippen molar-refractivity contribution in [3.8, 4) is 5.75 Å². The van der Waals surface area contributed by atoms with Crippen molar-refractivity contribution in [1.29, 1.82) is 0 Å². The molecule has 0 bridgehead atoms. The van der Waals surface area contributed by atoms with Crippen LogP contribution in [0.3, 0.4) is 0 Å². The fourth-order valence-electron chi connectivity index (χ4n) is 6.56. The SMILES string of the molecule is C=CC(C)(C)[C@H](OCc1ccc(OC)cc1)[C@H](O[Si](CC)(CC)CC)[C@@H](C[C@H](CCOCc1ccccc1)O[Si](CC)(CC)CC)OC. The first-order valence-electron chi connectivity index (χ1n) is 18.4. The summed E-state index contributed by atoms with van der Waals surface area (Å²) in [6.07, 6.45) is 2.67. The topological polar surface area (TPSA) is 55.4 Å². The molecular weight excluding hydrogens is 633 g/mol. The van der Waals surface area contributed by atoms with Crippen LogP contribution in [-0.2, 0) is 36.3 Å². The standard InChI is InChI=1S/C40H68O6Si2/c1-12-40(8,9)39(44-32-34-24-26-35(41-10)27-25-34)38(46-48(16-5,17-6)18-7)37(42-11)30-36(45-47(13-2,14-3)15-4)28-29-43-31-33-22-20-19-21-23-33/h12,19-27,36-39H,1,13-18,28-32H2,2-11H3/t36-,37+,38+,39+/m0/s1. The average molecular weight is 701 g/mol. The van der Waals surface area contributed by atoms with Crippen LogP contribution in [0.5, 0.6) is 5.75 Å². The quantitative estimate of drug-likeness (QED) is 0.0553. The Bertz CT molecular complexity index is 1120. The Labute approximate surface area is 296 Å². The van der Waals surface area contributed by atoms with Gasteiger partial charge in [0, 0.05) is 31.7 Å². The van der Waals surface area contributed by atoms with Crippen LogP contribution >= 0.6 is 0 Å². The Kier molecular flexibility index (Phi) is 18.9. The van der Waals surface area contributed by atoms with E-state index in [-0.39, 0.29) is 29.8 Å². The molecule has 0 aliphatic rings. The van der Waals surface area contributed by atoms with E-state index in [0.717, 1.165) is 54.0 Å². The van der Waals surface area contributed by atoms with Crippen molar-refractivity contribution in [2.24, 2.45) is 5.41 Å². The second-order valence-corrected chi connectivity index (χ2v) is 23.2. The molecule has 0 fully saturated rings. The van der Waals surface area contributed by atoms with Crippen LogP contribution in [0.2, 0.25) is 36.3 Å². The average Bonchev–Trinajstić information content (AvgIpc) is 3.13. The molecule has 0 aliphatic heterocycles. The van der Waals surface area contributed by atoms with Gasteiger partial charge in [-0.25, -0.2) is 0 Å². The maximum absolute atomic E-state index is 7.45. The predicted octanol–water partition coefficient (Wildman–Crippen LogP) is 10.6. The van der Waals surface area contributed by atoms with Crippen molar-refractivity contribution >= 4 is 16.6 Å². The first-order chi connectivity index (χ1) is 23.0. The molecule has 2 aromatic rings. The van der Waals surface area contributed by atoms with Gasteiger partial charge in [-0.15, -0.1) is 6.58 Å². The molecule has 0 saturated carbocycles. The van der Waals surface area contributed by atoms with Gasteiger partial charge in [0.15, 0.2) is 16.6 Å². The van der Waals surface area contributed by atoms with E-state index >= 15 is 0 Å². The summed E-state index contributed by atoms with van der Waals surface area (Å²) >= 11 is 0. The zero-order chi connectivity index (χ0) is 35.6. The third-order valence-corrected chi connectivity index (χ3v) is 20.0. The van der Waals surface area contributed by atoms with Crippen LogP contribution in [-0.4, -0.2) is 61.9 Å². The highest BCUT2D eigenvalue weighted by atomic mass is 28.4. The second-order valence-electron chi connectivity index (χ2n) is 13.8. The van der Waals surface area contributed by atoms with Gasteiger partial charge in [-0.1, -0.05) is 104 Å². The van der Waals surface area contributed by atoms with Crippen molar-refractivity contribution < 1.29 is 27.8 Å². The number of hydrogen-bond donors (Lipinski definition) is 0. The maximum atomic E-state index is 7.45. The number of rotatable bonds is 26. The maximum Gasteiger partial charge on any atom is 0.192 e. The molecule has 0 aromatic heterocycles. The van der Waals surface area contributed by atoms with E-state index in [2.05, 4.69) is 98.4 Å². The molecule has 48 heavy (non-hydrogen) atoms. The molecule has 0 N–H and O–H groups in total. The minimum atomic E-state index is -2.09. The van der Waals surface area contributed by atoms with E-state index in [4.69, 9.17) is 27.8 Å². The van der Waals surface area contributed by atoms with Crippen LogP contribution in [0.25, 0.3) is 0 Å². The Morgan fingerprint density at radius 1 is 0.729 bits per heavy atom. The molecule has 0 unspecified atom stereocenters. The fourth-order valence-corrected chi connectivity index (χ4v) is 12.3. The van der Waals surface area contributed by atoms with Crippen LogP contribution in [0.4, 0.5) is 0 Å². The Hall–Kier alpha value is -1.79. The lowest BCUT2D eigenvalue weighted by atomic mass is 9.81. The van der Waals surface area contributed by atoms with E-state index in [9.17, 15) is 0 Å². The van der Waals surface area contributed by atoms with E-state index < -0.39 is 16.6 Å². The molecule has 0 spiro atoms. The van der Waals surface area contributed by atoms with Crippen LogP contribution < -0.4 is 4.74 Å². The lowest BCUT2D eigenvalue weighted by Crippen LogP contribution is -2.55. The zero-order valence-corrected chi connectivity index (χ0v) is 34.0. The highest BCUT2D eigenvalue weighted by Gasteiger charge is 2.45. The molecule has 4 atom stereocenters. The number of ether oxygens (including phenoxy) is 4. The summed E-state index contributed by atoms with van der Waals surface area (Å²) < 4.78 is 39.7. The fraction of sp³-hybridized carbons (Fsp3) is 0.650. The molecule has 2 rings (SSSR count). The van der Waals surface area contributed by atoms with Gasteiger partial charge < -0.3 is 27.8 Å². The number of hydrogen-bond acceptors (Lipinski definition) is 6. The number of benzene rings is 2. The van der Waals surface area contributed by atoms with Gasteiger partial charge in [0.1, 0.15) is 5.75 Å². The highest BCUT2D eigenvalue weighted by Crippen LogP contribution is 2.37. The van der Waals surface area contributed by atoms with Gasteiger partial charge in [-0.2, -0.15) is 0 Å². The van der Waals surface area contributed by atoms with Crippen LogP contribution in [0.15, 0.2) is 67.3 Å². The summed E-state index contributed by atoms with van der Waals surface area (Å²) in [5, 5.41) is 0. The van der Waals surface area contributed by atoms with Crippen molar-refractivity contribution in [2.45, 2.75) is 142 Å².